The Bertz CT molecular complexity index is 599. The van der Waals surface area contributed by atoms with Crippen LogP contribution in [0.15, 0.2) is 48.5 Å². The Kier molecular flexibility index (Phi) is 4.99. The fraction of sp³-hybridized carbons (Fsp3) is 0.294. The zero-order valence-corrected chi connectivity index (χ0v) is 13.0. The number of hydrogen-bond acceptors (Lipinski definition) is 2. The van der Waals surface area contributed by atoms with Crippen molar-refractivity contribution in [2.24, 2.45) is 5.84 Å². The first-order valence-corrected chi connectivity index (χ1v) is 7.28. The molecule has 0 heterocycles. The Labute approximate surface area is 130 Å². The van der Waals surface area contributed by atoms with Gasteiger partial charge in [-0.15, -0.1) is 0 Å². The highest BCUT2D eigenvalue weighted by Crippen LogP contribution is 2.30. The lowest BCUT2D eigenvalue weighted by atomic mass is 9.75. The Morgan fingerprint density at radius 1 is 1.19 bits per heavy atom. The molecule has 21 heavy (non-hydrogen) atoms. The first-order valence-electron chi connectivity index (χ1n) is 6.90. The van der Waals surface area contributed by atoms with E-state index < -0.39 is 0 Å². The van der Waals surface area contributed by atoms with Crippen molar-refractivity contribution in [1.82, 2.24) is 5.43 Å². The third-order valence-electron chi connectivity index (χ3n) is 4.02. The van der Waals surface area contributed by atoms with E-state index in [9.17, 15) is 4.39 Å². The summed E-state index contributed by atoms with van der Waals surface area (Å²) >= 11 is 6.16. The predicted molar refractivity (Wildman–Crippen MR) is 85.7 cm³/mol. The van der Waals surface area contributed by atoms with Crippen molar-refractivity contribution in [2.45, 2.75) is 31.7 Å². The molecule has 0 spiro atoms. The summed E-state index contributed by atoms with van der Waals surface area (Å²) in [5.41, 5.74) is 4.56. The summed E-state index contributed by atoms with van der Waals surface area (Å²) in [4.78, 5) is 0. The van der Waals surface area contributed by atoms with Crippen LogP contribution in [0.5, 0.6) is 0 Å². The van der Waals surface area contributed by atoms with Crippen molar-refractivity contribution in [1.29, 1.82) is 0 Å². The summed E-state index contributed by atoms with van der Waals surface area (Å²) in [5, 5.41) is 0.556. The predicted octanol–water partition coefficient (Wildman–Crippen LogP) is 3.83. The van der Waals surface area contributed by atoms with E-state index in [-0.39, 0.29) is 17.3 Å². The normalized spacial score (nSPS) is 13.2. The van der Waals surface area contributed by atoms with Crippen molar-refractivity contribution < 1.29 is 4.39 Å². The third kappa shape index (κ3) is 3.62. The zero-order valence-electron chi connectivity index (χ0n) is 12.2. The highest BCUT2D eigenvalue weighted by molar-refractivity contribution is 6.31. The Balaban J connectivity index is 2.29. The maximum Gasteiger partial charge on any atom is 0.123 e. The number of nitrogens with two attached hydrogens (primary N) is 1. The number of hydrazine groups is 1. The second-order valence-electron chi connectivity index (χ2n) is 5.75. The van der Waals surface area contributed by atoms with Gasteiger partial charge in [-0.25, -0.2) is 4.39 Å². The number of rotatable bonds is 5. The minimum atomic E-state index is -0.289. The van der Waals surface area contributed by atoms with Crippen molar-refractivity contribution in [2.75, 3.05) is 0 Å². The summed E-state index contributed by atoms with van der Waals surface area (Å²) in [7, 11) is 0. The van der Waals surface area contributed by atoms with Crippen LogP contribution in [0, 0.1) is 5.82 Å². The highest BCUT2D eigenvalue weighted by atomic mass is 35.5. The van der Waals surface area contributed by atoms with Crippen LogP contribution in [0.3, 0.4) is 0 Å². The van der Waals surface area contributed by atoms with Gasteiger partial charge < -0.3 is 0 Å². The van der Waals surface area contributed by atoms with Gasteiger partial charge in [-0.2, -0.15) is 0 Å². The van der Waals surface area contributed by atoms with E-state index in [1.807, 2.05) is 18.2 Å². The fourth-order valence-electron chi connectivity index (χ4n) is 2.51. The van der Waals surface area contributed by atoms with Crippen LogP contribution in [0.1, 0.15) is 25.0 Å². The van der Waals surface area contributed by atoms with Gasteiger partial charge in [0.2, 0.25) is 0 Å². The van der Waals surface area contributed by atoms with Gasteiger partial charge in [-0.3, -0.25) is 11.3 Å². The van der Waals surface area contributed by atoms with Gasteiger partial charge >= 0.3 is 0 Å². The topological polar surface area (TPSA) is 38.0 Å². The molecule has 0 amide bonds. The number of benzene rings is 2. The second kappa shape index (κ2) is 6.56. The number of hydrogen-bond donors (Lipinski definition) is 2. The monoisotopic (exact) mass is 306 g/mol. The molecule has 0 saturated heterocycles. The molecule has 0 aliphatic carbocycles. The smallest absolute Gasteiger partial charge is 0.123 e. The van der Waals surface area contributed by atoms with E-state index in [1.165, 1.54) is 17.7 Å². The molecule has 2 aromatic rings. The zero-order chi connectivity index (χ0) is 15.5. The molecule has 2 nitrogen and oxygen atoms in total. The van der Waals surface area contributed by atoms with Crippen LogP contribution < -0.4 is 11.3 Å². The summed E-state index contributed by atoms with van der Waals surface area (Å²) in [6, 6.07) is 14.4. The van der Waals surface area contributed by atoms with Crippen LogP contribution in [-0.4, -0.2) is 6.04 Å². The van der Waals surface area contributed by atoms with Gasteiger partial charge in [0.1, 0.15) is 5.82 Å². The molecule has 2 rings (SSSR count). The van der Waals surface area contributed by atoms with Crippen molar-refractivity contribution >= 4 is 11.6 Å². The maximum atomic E-state index is 13.4. The summed E-state index contributed by atoms with van der Waals surface area (Å²) in [6.07, 6.45) is 0.551. The van der Waals surface area contributed by atoms with Crippen molar-refractivity contribution in [3.8, 4) is 0 Å². The minimum Gasteiger partial charge on any atom is -0.271 e. The summed E-state index contributed by atoms with van der Waals surface area (Å²) < 4.78 is 13.4. The van der Waals surface area contributed by atoms with Crippen LogP contribution in [-0.2, 0) is 11.8 Å². The number of halogens is 2. The van der Waals surface area contributed by atoms with Crippen LogP contribution in [0.25, 0.3) is 0 Å². The molecule has 0 aliphatic rings. The van der Waals surface area contributed by atoms with Gasteiger partial charge in [0.25, 0.3) is 0 Å². The third-order valence-corrected chi connectivity index (χ3v) is 4.39. The van der Waals surface area contributed by atoms with E-state index >= 15 is 0 Å². The van der Waals surface area contributed by atoms with Gasteiger partial charge in [0, 0.05) is 16.5 Å². The molecule has 0 bridgehead atoms. The molecule has 3 N–H and O–H groups in total. The SMILES string of the molecule is CC(C)(c1ccccc1)C(Cc1cc(F)ccc1Cl)NN. The Hall–Kier alpha value is -1.42. The molecule has 0 saturated carbocycles. The Morgan fingerprint density at radius 2 is 1.86 bits per heavy atom. The standard InChI is InChI=1S/C17H20ClFN2/c1-17(2,13-6-4-3-5-7-13)16(21-20)11-12-10-14(19)8-9-15(12)18/h3-10,16,21H,11,20H2,1-2H3. The second-order valence-corrected chi connectivity index (χ2v) is 6.15. The lowest BCUT2D eigenvalue weighted by Gasteiger charge is -2.35. The average Bonchev–Trinajstić information content (AvgIpc) is 2.48. The highest BCUT2D eigenvalue weighted by Gasteiger charge is 2.31. The fourth-order valence-corrected chi connectivity index (χ4v) is 2.71. The van der Waals surface area contributed by atoms with Gasteiger partial charge in [-0.05, 0) is 35.7 Å². The molecule has 1 atom stereocenters. The van der Waals surface area contributed by atoms with E-state index in [0.29, 0.717) is 11.4 Å². The van der Waals surface area contributed by atoms with E-state index in [0.717, 1.165) is 5.56 Å². The molecule has 4 heteroatoms. The average molecular weight is 307 g/mol. The lowest BCUT2D eigenvalue weighted by Crippen LogP contribution is -2.49. The number of nitrogens with one attached hydrogen (secondary N) is 1. The first kappa shape index (κ1) is 16.0. The molecule has 0 aliphatic heterocycles. The van der Waals surface area contributed by atoms with E-state index in [4.69, 9.17) is 17.4 Å². The Morgan fingerprint density at radius 3 is 2.48 bits per heavy atom. The maximum absolute atomic E-state index is 13.4. The molecule has 0 fully saturated rings. The first-order chi connectivity index (χ1) is 9.95. The largest absolute Gasteiger partial charge is 0.271 e. The molecule has 2 aromatic carbocycles. The summed E-state index contributed by atoms with van der Waals surface area (Å²) in [6.45, 7) is 4.22. The summed E-state index contributed by atoms with van der Waals surface area (Å²) in [5.74, 6) is 5.46. The minimum absolute atomic E-state index is 0.0702. The van der Waals surface area contributed by atoms with Gasteiger partial charge in [0.05, 0.1) is 0 Å². The molecule has 1 unspecified atom stereocenters. The van der Waals surface area contributed by atoms with Crippen molar-refractivity contribution in [3.63, 3.8) is 0 Å². The quantitative estimate of drug-likeness (QED) is 0.651. The van der Waals surface area contributed by atoms with Crippen molar-refractivity contribution in [3.05, 3.63) is 70.5 Å². The molecule has 0 aromatic heterocycles. The lowest BCUT2D eigenvalue weighted by molar-refractivity contribution is 0.341. The molecule has 0 radical (unpaired) electrons. The van der Waals surface area contributed by atoms with E-state index in [1.54, 1.807) is 6.07 Å². The van der Waals surface area contributed by atoms with Crippen LogP contribution >= 0.6 is 11.6 Å². The van der Waals surface area contributed by atoms with E-state index in [2.05, 4.69) is 31.4 Å². The van der Waals surface area contributed by atoms with Gasteiger partial charge in [0.15, 0.2) is 0 Å². The molecular formula is C17H20ClFN2. The van der Waals surface area contributed by atoms with Crippen LogP contribution in [0.2, 0.25) is 5.02 Å². The molecule has 112 valence electrons. The van der Waals surface area contributed by atoms with Gasteiger partial charge in [-0.1, -0.05) is 55.8 Å². The van der Waals surface area contributed by atoms with Crippen LogP contribution in [0.4, 0.5) is 4.39 Å². The molecular weight excluding hydrogens is 287 g/mol.